The Morgan fingerprint density at radius 1 is 1.61 bits per heavy atom. The van der Waals surface area contributed by atoms with Gasteiger partial charge in [-0.2, -0.15) is 4.98 Å². The molecule has 5 N–H and O–H groups in total. The van der Waals surface area contributed by atoms with Gasteiger partial charge < -0.3 is 15.4 Å². The first kappa shape index (κ1) is 14.6. The molecule has 0 aliphatic carbocycles. The number of nitrogens with two attached hydrogens (primary N) is 1. The van der Waals surface area contributed by atoms with Gasteiger partial charge >= 0.3 is 0 Å². The number of carbonyl (C=O) groups excluding carboxylic acids is 1. The van der Waals surface area contributed by atoms with Gasteiger partial charge in [0.2, 0.25) is 11.9 Å². The van der Waals surface area contributed by atoms with Crippen molar-refractivity contribution in [3.8, 4) is 0 Å². The van der Waals surface area contributed by atoms with E-state index in [0.29, 0.717) is 23.4 Å². The maximum absolute atomic E-state index is 11.4. The molecule has 0 bridgehead atoms. The van der Waals surface area contributed by atoms with Gasteiger partial charge in [0.05, 0.1) is 17.6 Å². The summed E-state index contributed by atoms with van der Waals surface area (Å²) in [6.45, 7) is 1.05. The van der Waals surface area contributed by atoms with E-state index in [9.17, 15) is 4.79 Å². The largest absolute Gasteiger partial charge is 0.383 e. The van der Waals surface area contributed by atoms with E-state index < -0.39 is 0 Å². The average Bonchev–Trinajstić information content (AvgIpc) is 2.38. The van der Waals surface area contributed by atoms with Crippen molar-refractivity contribution in [3.05, 3.63) is 10.7 Å². The molecule has 0 atom stereocenters. The Bertz CT molecular complexity index is 403. The average molecular weight is 319 g/mol. The second-order valence-electron chi connectivity index (χ2n) is 3.23. The molecule has 0 spiro atoms. The zero-order valence-electron chi connectivity index (χ0n) is 9.86. The van der Waals surface area contributed by atoms with E-state index in [1.165, 1.54) is 6.20 Å². The highest BCUT2D eigenvalue weighted by molar-refractivity contribution is 9.10. The number of hydrazine groups is 1. The highest BCUT2D eigenvalue weighted by Gasteiger charge is 2.06. The zero-order chi connectivity index (χ0) is 13.4. The second-order valence-corrected chi connectivity index (χ2v) is 4.09. The molecule has 0 aliphatic rings. The molecule has 1 aromatic rings. The third-order valence-electron chi connectivity index (χ3n) is 1.92. The van der Waals surface area contributed by atoms with E-state index in [0.717, 1.165) is 0 Å². The Morgan fingerprint density at radius 2 is 2.39 bits per heavy atom. The van der Waals surface area contributed by atoms with Crippen LogP contribution in [0.5, 0.6) is 0 Å². The summed E-state index contributed by atoms with van der Waals surface area (Å²) in [6.07, 6.45) is 1.54. The predicted molar refractivity (Wildman–Crippen MR) is 70.9 cm³/mol. The van der Waals surface area contributed by atoms with Crippen molar-refractivity contribution in [2.75, 3.05) is 37.5 Å². The first-order chi connectivity index (χ1) is 8.67. The van der Waals surface area contributed by atoms with Crippen LogP contribution in [-0.2, 0) is 9.53 Å². The lowest BCUT2D eigenvalue weighted by Crippen LogP contribution is -2.32. The lowest BCUT2D eigenvalue weighted by Gasteiger charge is -2.09. The fraction of sp³-hybridized carbons (Fsp3) is 0.444. The van der Waals surface area contributed by atoms with Gasteiger partial charge in [0.15, 0.2) is 0 Å². The zero-order valence-corrected chi connectivity index (χ0v) is 11.5. The summed E-state index contributed by atoms with van der Waals surface area (Å²) in [6, 6.07) is 0. The Morgan fingerprint density at radius 3 is 3.06 bits per heavy atom. The molecule has 8 nitrogen and oxygen atoms in total. The summed E-state index contributed by atoms with van der Waals surface area (Å²) in [5.74, 6) is 5.79. The normalized spacial score (nSPS) is 9.94. The minimum absolute atomic E-state index is 0.101. The Kier molecular flexibility index (Phi) is 6.33. The van der Waals surface area contributed by atoms with Crippen LogP contribution in [0.4, 0.5) is 11.8 Å². The van der Waals surface area contributed by atoms with Gasteiger partial charge in [-0.3, -0.25) is 10.2 Å². The molecule has 0 radical (unpaired) electrons. The van der Waals surface area contributed by atoms with Crippen molar-refractivity contribution in [2.24, 2.45) is 5.84 Å². The summed E-state index contributed by atoms with van der Waals surface area (Å²) in [4.78, 5) is 19.4. The van der Waals surface area contributed by atoms with Crippen LogP contribution < -0.4 is 21.9 Å². The standard InChI is InChI=1S/C9H15BrN6O2/c1-18-3-2-12-7(17)5-13-8-6(10)4-14-9(15-8)16-11/h4H,2-3,5,11H2,1H3,(H,12,17)(H2,13,14,15,16). The number of hydrogen-bond donors (Lipinski definition) is 4. The van der Waals surface area contributed by atoms with Gasteiger partial charge in [-0.05, 0) is 15.9 Å². The summed E-state index contributed by atoms with van der Waals surface area (Å²) in [7, 11) is 1.57. The summed E-state index contributed by atoms with van der Waals surface area (Å²) >= 11 is 3.27. The first-order valence-corrected chi connectivity index (χ1v) is 5.95. The van der Waals surface area contributed by atoms with Crippen LogP contribution in [0.15, 0.2) is 10.7 Å². The fourth-order valence-electron chi connectivity index (χ4n) is 1.08. The monoisotopic (exact) mass is 318 g/mol. The number of nitrogens with one attached hydrogen (secondary N) is 3. The molecule has 1 aromatic heterocycles. The van der Waals surface area contributed by atoms with Crippen LogP contribution in [-0.4, -0.2) is 42.7 Å². The molecule has 100 valence electrons. The molecule has 18 heavy (non-hydrogen) atoms. The molecule has 1 heterocycles. The molecule has 9 heteroatoms. The molecule has 0 aliphatic heterocycles. The van der Waals surface area contributed by atoms with Gasteiger partial charge in [-0.15, -0.1) is 0 Å². The first-order valence-electron chi connectivity index (χ1n) is 5.16. The Hall–Kier alpha value is -1.45. The van der Waals surface area contributed by atoms with Crippen molar-refractivity contribution < 1.29 is 9.53 Å². The van der Waals surface area contributed by atoms with Crippen LogP contribution in [0, 0.1) is 0 Å². The van der Waals surface area contributed by atoms with E-state index >= 15 is 0 Å². The number of nitrogens with zero attached hydrogens (tertiary/aromatic N) is 2. The number of halogens is 1. The molecule has 1 amide bonds. The van der Waals surface area contributed by atoms with Crippen LogP contribution in [0.25, 0.3) is 0 Å². The Labute approximate surface area is 113 Å². The summed E-state index contributed by atoms with van der Waals surface area (Å²) in [5.41, 5.74) is 2.32. The van der Waals surface area contributed by atoms with Crippen LogP contribution in [0.3, 0.4) is 0 Å². The van der Waals surface area contributed by atoms with Crippen LogP contribution in [0.2, 0.25) is 0 Å². The lowest BCUT2D eigenvalue weighted by atomic mass is 10.5. The minimum atomic E-state index is -0.153. The number of nitrogen functional groups attached to an aromatic ring is 1. The summed E-state index contributed by atoms with van der Waals surface area (Å²) in [5, 5.41) is 5.54. The van der Waals surface area contributed by atoms with E-state index in [-0.39, 0.29) is 18.4 Å². The molecule has 1 rings (SSSR count). The number of ether oxygens (including phenoxy) is 1. The molecule has 0 fully saturated rings. The lowest BCUT2D eigenvalue weighted by molar-refractivity contribution is -0.119. The fourth-order valence-corrected chi connectivity index (χ4v) is 1.41. The number of rotatable bonds is 7. The van der Waals surface area contributed by atoms with Crippen molar-refractivity contribution in [1.82, 2.24) is 15.3 Å². The second kappa shape index (κ2) is 7.80. The Balaban J connectivity index is 2.45. The van der Waals surface area contributed by atoms with Crippen molar-refractivity contribution in [1.29, 1.82) is 0 Å². The SMILES string of the molecule is COCCNC(=O)CNc1nc(NN)ncc1Br. The van der Waals surface area contributed by atoms with Gasteiger partial charge in [0.25, 0.3) is 0 Å². The van der Waals surface area contributed by atoms with E-state index in [1.807, 2.05) is 0 Å². The maximum atomic E-state index is 11.4. The third-order valence-corrected chi connectivity index (χ3v) is 2.50. The van der Waals surface area contributed by atoms with Gasteiger partial charge in [0, 0.05) is 19.9 Å². The number of aromatic nitrogens is 2. The highest BCUT2D eigenvalue weighted by Crippen LogP contribution is 2.19. The van der Waals surface area contributed by atoms with Gasteiger partial charge in [0.1, 0.15) is 5.82 Å². The smallest absolute Gasteiger partial charge is 0.239 e. The minimum Gasteiger partial charge on any atom is -0.383 e. The molecular weight excluding hydrogens is 304 g/mol. The quantitative estimate of drug-likeness (QED) is 0.310. The van der Waals surface area contributed by atoms with Crippen molar-refractivity contribution in [2.45, 2.75) is 0 Å². The highest BCUT2D eigenvalue weighted by atomic mass is 79.9. The van der Waals surface area contributed by atoms with Gasteiger partial charge in [-0.1, -0.05) is 0 Å². The van der Waals surface area contributed by atoms with Crippen molar-refractivity contribution in [3.63, 3.8) is 0 Å². The molecule has 0 saturated carbocycles. The van der Waals surface area contributed by atoms with E-state index in [4.69, 9.17) is 10.6 Å². The number of methoxy groups -OCH3 is 1. The maximum Gasteiger partial charge on any atom is 0.239 e. The van der Waals surface area contributed by atoms with Crippen molar-refractivity contribution >= 4 is 33.6 Å². The molecular formula is C9H15BrN6O2. The number of amides is 1. The number of hydrogen-bond acceptors (Lipinski definition) is 7. The molecule has 0 unspecified atom stereocenters. The van der Waals surface area contributed by atoms with Crippen LogP contribution >= 0.6 is 15.9 Å². The number of anilines is 2. The molecule has 0 saturated heterocycles. The summed E-state index contributed by atoms with van der Waals surface area (Å²) < 4.78 is 5.46. The predicted octanol–water partition coefficient (Wildman–Crippen LogP) is -0.301. The van der Waals surface area contributed by atoms with E-state index in [2.05, 4.69) is 42.0 Å². The topological polar surface area (TPSA) is 114 Å². The number of carbonyl (C=O) groups is 1. The molecule has 0 aromatic carbocycles. The van der Waals surface area contributed by atoms with E-state index in [1.54, 1.807) is 7.11 Å². The van der Waals surface area contributed by atoms with Crippen LogP contribution in [0.1, 0.15) is 0 Å². The third kappa shape index (κ3) is 4.82. The van der Waals surface area contributed by atoms with Gasteiger partial charge in [-0.25, -0.2) is 10.8 Å².